The molecular weight excluding hydrogens is 158 g/mol. The molecule has 6 heteroatoms. The van der Waals surface area contributed by atoms with E-state index in [4.69, 9.17) is 0 Å². The monoisotopic (exact) mass is 163 g/mol. The minimum atomic E-state index is -0.324. The fourth-order valence-corrected chi connectivity index (χ4v) is 0.825. The van der Waals surface area contributed by atoms with E-state index in [0.717, 1.165) is 4.68 Å². The molecule has 0 saturated carbocycles. The highest BCUT2D eigenvalue weighted by molar-refractivity contribution is 5.15. The summed E-state index contributed by atoms with van der Waals surface area (Å²) in [5.74, 6) is 0.406. The van der Waals surface area contributed by atoms with E-state index >= 15 is 0 Å². The van der Waals surface area contributed by atoms with E-state index in [2.05, 4.69) is 20.3 Å². The summed E-state index contributed by atoms with van der Waals surface area (Å²) in [4.78, 5) is 13.4. The van der Waals surface area contributed by atoms with E-state index in [-0.39, 0.29) is 5.69 Å². The predicted molar refractivity (Wildman–Crippen MR) is 39.8 cm³/mol. The van der Waals surface area contributed by atoms with Gasteiger partial charge in [0.15, 0.2) is 5.82 Å². The van der Waals surface area contributed by atoms with Gasteiger partial charge in [-0.25, -0.2) is 4.79 Å². The van der Waals surface area contributed by atoms with Gasteiger partial charge in [0.2, 0.25) is 0 Å². The lowest BCUT2D eigenvalue weighted by Crippen LogP contribution is -2.17. The van der Waals surface area contributed by atoms with E-state index in [9.17, 15) is 4.79 Å². The van der Waals surface area contributed by atoms with Crippen molar-refractivity contribution in [2.75, 3.05) is 0 Å². The Morgan fingerprint density at radius 1 is 1.50 bits per heavy atom. The molecule has 2 aromatic heterocycles. The van der Waals surface area contributed by atoms with Gasteiger partial charge in [-0.1, -0.05) is 0 Å². The molecule has 12 heavy (non-hydrogen) atoms. The summed E-state index contributed by atoms with van der Waals surface area (Å²) < 4.78 is 1.13. The summed E-state index contributed by atoms with van der Waals surface area (Å²) in [6.07, 6.45) is 2.83. The molecule has 0 spiro atoms. The van der Waals surface area contributed by atoms with Crippen molar-refractivity contribution in [1.29, 1.82) is 0 Å². The van der Waals surface area contributed by atoms with Crippen LogP contribution in [0.1, 0.15) is 0 Å². The Hall–Kier alpha value is -1.98. The maximum absolute atomic E-state index is 11.0. The molecule has 0 aliphatic rings. The lowest BCUT2D eigenvalue weighted by atomic mass is 10.5. The molecule has 0 atom stereocenters. The number of rotatable bonds is 1. The van der Waals surface area contributed by atoms with E-state index in [0.29, 0.717) is 5.82 Å². The first-order valence-corrected chi connectivity index (χ1v) is 3.29. The average Bonchev–Trinajstić information content (AvgIpc) is 2.53. The summed E-state index contributed by atoms with van der Waals surface area (Å²) in [6, 6.07) is 3.33. The van der Waals surface area contributed by atoms with Gasteiger partial charge in [-0.3, -0.25) is 4.98 Å². The maximum Gasteiger partial charge on any atom is 0.349 e. The van der Waals surface area contributed by atoms with Gasteiger partial charge in [-0.15, -0.1) is 5.10 Å². The summed E-state index contributed by atoms with van der Waals surface area (Å²) in [5, 5.41) is 11.1. The molecular formula is C6H5N5O. The van der Waals surface area contributed by atoms with E-state index < -0.39 is 0 Å². The van der Waals surface area contributed by atoms with Crippen LogP contribution in [0.3, 0.4) is 0 Å². The molecule has 0 aromatic carbocycles. The van der Waals surface area contributed by atoms with E-state index in [1.807, 2.05) is 0 Å². The van der Waals surface area contributed by atoms with Crippen LogP contribution in [0.2, 0.25) is 0 Å². The second-order valence-electron chi connectivity index (χ2n) is 2.09. The first kappa shape index (κ1) is 6.71. The fourth-order valence-electron chi connectivity index (χ4n) is 0.825. The predicted octanol–water partition coefficient (Wildman–Crippen LogP) is -0.649. The van der Waals surface area contributed by atoms with Gasteiger partial charge in [0.1, 0.15) is 6.33 Å². The Balaban J connectivity index is 2.59. The van der Waals surface area contributed by atoms with E-state index in [1.165, 1.54) is 12.5 Å². The largest absolute Gasteiger partial charge is 0.349 e. The number of nitrogens with zero attached hydrogens (tertiary/aromatic N) is 4. The zero-order valence-corrected chi connectivity index (χ0v) is 6.01. The van der Waals surface area contributed by atoms with Crippen molar-refractivity contribution in [1.82, 2.24) is 25.0 Å². The first-order valence-electron chi connectivity index (χ1n) is 3.29. The molecule has 0 fully saturated rings. The van der Waals surface area contributed by atoms with Crippen LogP contribution in [0.25, 0.3) is 5.82 Å². The van der Waals surface area contributed by atoms with Crippen molar-refractivity contribution < 1.29 is 0 Å². The quantitative estimate of drug-likeness (QED) is 0.606. The minimum absolute atomic E-state index is 0.324. The maximum atomic E-state index is 11.0. The molecule has 2 aromatic rings. The van der Waals surface area contributed by atoms with Gasteiger partial charge in [-0.2, -0.15) is 14.9 Å². The summed E-state index contributed by atoms with van der Waals surface area (Å²) in [5.41, 5.74) is -0.324. The number of aromatic nitrogens is 5. The Bertz CT molecular complexity index is 417. The molecule has 0 radical (unpaired) electrons. The molecule has 1 N–H and O–H groups in total. The van der Waals surface area contributed by atoms with Gasteiger partial charge in [-0.05, 0) is 12.1 Å². The van der Waals surface area contributed by atoms with Crippen molar-refractivity contribution >= 4 is 0 Å². The molecule has 2 heterocycles. The average molecular weight is 163 g/mol. The van der Waals surface area contributed by atoms with Crippen molar-refractivity contribution in [3.8, 4) is 5.82 Å². The zero-order chi connectivity index (χ0) is 8.39. The SMILES string of the molecule is O=c1[nH]cnn1-c1cccnn1. The first-order chi connectivity index (χ1) is 5.88. The number of hydrogen-bond donors (Lipinski definition) is 1. The summed E-state index contributed by atoms with van der Waals surface area (Å²) >= 11 is 0. The zero-order valence-electron chi connectivity index (χ0n) is 6.01. The normalized spacial score (nSPS) is 10.0. The van der Waals surface area contributed by atoms with E-state index in [1.54, 1.807) is 12.1 Å². The van der Waals surface area contributed by atoms with Gasteiger partial charge in [0.25, 0.3) is 0 Å². The molecule has 0 amide bonds. The molecule has 0 bridgehead atoms. The lowest BCUT2D eigenvalue weighted by molar-refractivity contribution is 0.786. The highest BCUT2D eigenvalue weighted by Crippen LogP contribution is 1.92. The van der Waals surface area contributed by atoms with Crippen LogP contribution in [-0.4, -0.2) is 25.0 Å². The molecule has 0 aliphatic carbocycles. The number of H-pyrrole nitrogens is 1. The van der Waals surface area contributed by atoms with Crippen LogP contribution in [0.5, 0.6) is 0 Å². The standard InChI is InChI=1S/C6H5N5O/c12-6-7-4-9-11(6)5-2-1-3-8-10-5/h1-4H,(H,7,9,12). The van der Waals surface area contributed by atoms with Crippen LogP contribution >= 0.6 is 0 Å². The molecule has 60 valence electrons. The molecule has 0 aliphatic heterocycles. The highest BCUT2D eigenvalue weighted by Gasteiger charge is 2.00. The smallest absolute Gasteiger partial charge is 0.295 e. The molecule has 0 unspecified atom stereocenters. The lowest BCUT2D eigenvalue weighted by Gasteiger charge is -1.93. The van der Waals surface area contributed by atoms with Gasteiger partial charge < -0.3 is 0 Å². The van der Waals surface area contributed by atoms with Gasteiger partial charge in [0, 0.05) is 6.20 Å². The summed E-state index contributed by atoms with van der Waals surface area (Å²) in [6.45, 7) is 0. The number of hydrogen-bond acceptors (Lipinski definition) is 4. The number of aromatic amines is 1. The second kappa shape index (κ2) is 2.57. The van der Waals surface area contributed by atoms with Crippen LogP contribution in [0.4, 0.5) is 0 Å². The number of nitrogens with one attached hydrogen (secondary N) is 1. The minimum Gasteiger partial charge on any atom is -0.295 e. The van der Waals surface area contributed by atoms with Gasteiger partial charge >= 0.3 is 5.69 Å². The Kier molecular flexibility index (Phi) is 1.44. The van der Waals surface area contributed by atoms with Crippen LogP contribution < -0.4 is 5.69 Å². The molecule has 6 nitrogen and oxygen atoms in total. The molecule has 2 rings (SSSR count). The van der Waals surface area contributed by atoms with Crippen molar-refractivity contribution in [3.05, 3.63) is 35.1 Å². The van der Waals surface area contributed by atoms with Crippen LogP contribution in [-0.2, 0) is 0 Å². The third-order valence-corrected chi connectivity index (χ3v) is 1.33. The third kappa shape index (κ3) is 0.986. The Labute approximate surface area is 66.9 Å². The second-order valence-corrected chi connectivity index (χ2v) is 2.09. The topological polar surface area (TPSA) is 76.5 Å². The summed E-state index contributed by atoms with van der Waals surface area (Å²) in [7, 11) is 0. The van der Waals surface area contributed by atoms with Gasteiger partial charge in [0.05, 0.1) is 0 Å². The van der Waals surface area contributed by atoms with Crippen LogP contribution in [0, 0.1) is 0 Å². The highest BCUT2D eigenvalue weighted by atomic mass is 16.1. The third-order valence-electron chi connectivity index (χ3n) is 1.33. The Morgan fingerprint density at radius 2 is 2.42 bits per heavy atom. The molecule has 0 saturated heterocycles. The Morgan fingerprint density at radius 3 is 3.00 bits per heavy atom. The van der Waals surface area contributed by atoms with Crippen LogP contribution in [0.15, 0.2) is 29.5 Å². The van der Waals surface area contributed by atoms with Crippen molar-refractivity contribution in [3.63, 3.8) is 0 Å². The fraction of sp³-hybridized carbons (Fsp3) is 0. The van der Waals surface area contributed by atoms with Crippen molar-refractivity contribution in [2.24, 2.45) is 0 Å². The van der Waals surface area contributed by atoms with Crippen molar-refractivity contribution in [2.45, 2.75) is 0 Å².